The number of nitrogens with one attached hydrogen (secondary N) is 1. The molecular formula is C14H28N2O2. The van der Waals surface area contributed by atoms with E-state index < -0.39 is 0 Å². The quantitative estimate of drug-likeness (QED) is 0.637. The fourth-order valence-corrected chi connectivity index (χ4v) is 2.32. The summed E-state index contributed by atoms with van der Waals surface area (Å²) < 4.78 is 4.83. The van der Waals surface area contributed by atoms with E-state index in [4.69, 9.17) is 4.74 Å². The van der Waals surface area contributed by atoms with Crippen LogP contribution < -0.4 is 5.32 Å². The van der Waals surface area contributed by atoms with E-state index in [1.54, 1.807) is 0 Å². The fraction of sp³-hybridized carbons (Fsp3) is 0.929. The third-order valence-electron chi connectivity index (χ3n) is 3.30. The van der Waals surface area contributed by atoms with Crippen LogP contribution in [0.3, 0.4) is 0 Å². The molecule has 1 atom stereocenters. The van der Waals surface area contributed by atoms with E-state index >= 15 is 0 Å². The van der Waals surface area contributed by atoms with Crippen molar-refractivity contribution in [2.24, 2.45) is 5.92 Å². The van der Waals surface area contributed by atoms with Crippen molar-refractivity contribution in [1.29, 1.82) is 0 Å². The lowest BCUT2D eigenvalue weighted by Crippen LogP contribution is -2.41. The van der Waals surface area contributed by atoms with Gasteiger partial charge in [0, 0.05) is 19.1 Å². The van der Waals surface area contributed by atoms with Crippen LogP contribution in [0.2, 0.25) is 0 Å². The van der Waals surface area contributed by atoms with Crippen molar-refractivity contribution in [2.75, 3.05) is 26.7 Å². The molecule has 0 radical (unpaired) electrons. The van der Waals surface area contributed by atoms with Gasteiger partial charge in [0.25, 0.3) is 0 Å². The van der Waals surface area contributed by atoms with Crippen LogP contribution in [0, 0.1) is 5.92 Å². The van der Waals surface area contributed by atoms with Crippen LogP contribution in [0.5, 0.6) is 0 Å². The van der Waals surface area contributed by atoms with Gasteiger partial charge in [0.2, 0.25) is 0 Å². The molecular weight excluding hydrogens is 228 g/mol. The minimum Gasteiger partial charge on any atom is -0.468 e. The molecule has 1 aliphatic carbocycles. The van der Waals surface area contributed by atoms with Crippen LogP contribution >= 0.6 is 0 Å². The predicted octanol–water partition coefficient (Wildman–Crippen LogP) is 1.65. The van der Waals surface area contributed by atoms with Crippen LogP contribution in [-0.2, 0) is 9.53 Å². The van der Waals surface area contributed by atoms with Crippen molar-refractivity contribution in [3.63, 3.8) is 0 Å². The molecule has 1 aliphatic rings. The Hall–Kier alpha value is -0.610. The Morgan fingerprint density at radius 1 is 1.44 bits per heavy atom. The van der Waals surface area contributed by atoms with Gasteiger partial charge < -0.3 is 15.0 Å². The highest BCUT2D eigenvalue weighted by atomic mass is 16.5. The number of esters is 1. The predicted molar refractivity (Wildman–Crippen MR) is 73.5 cm³/mol. The molecule has 0 spiro atoms. The van der Waals surface area contributed by atoms with Gasteiger partial charge in [-0.05, 0) is 31.7 Å². The summed E-state index contributed by atoms with van der Waals surface area (Å²) in [5.41, 5.74) is 0. The minimum atomic E-state index is -0.159. The number of carbonyl (C=O) groups is 1. The highest BCUT2D eigenvalue weighted by Crippen LogP contribution is 2.27. The third kappa shape index (κ3) is 5.36. The summed E-state index contributed by atoms with van der Waals surface area (Å²) in [5.74, 6) is 0.540. The molecule has 4 heteroatoms. The number of ether oxygens (including phenoxy) is 1. The zero-order valence-corrected chi connectivity index (χ0v) is 12.2. The van der Waals surface area contributed by atoms with E-state index in [0.29, 0.717) is 5.92 Å². The van der Waals surface area contributed by atoms with Gasteiger partial charge in [-0.2, -0.15) is 0 Å². The summed E-state index contributed by atoms with van der Waals surface area (Å²) in [6, 6.07) is 0.598. The Morgan fingerprint density at radius 3 is 2.56 bits per heavy atom. The summed E-state index contributed by atoms with van der Waals surface area (Å²) in [6.45, 7) is 9.42. The molecule has 0 aromatic rings. The second-order valence-corrected chi connectivity index (χ2v) is 5.54. The lowest BCUT2D eigenvalue weighted by molar-refractivity contribution is -0.143. The summed E-state index contributed by atoms with van der Waals surface area (Å²) >= 11 is 0. The summed E-state index contributed by atoms with van der Waals surface area (Å²) in [5, 5.41) is 3.20. The van der Waals surface area contributed by atoms with Crippen LogP contribution in [-0.4, -0.2) is 49.7 Å². The van der Waals surface area contributed by atoms with Gasteiger partial charge in [0.15, 0.2) is 0 Å². The van der Waals surface area contributed by atoms with Crippen molar-refractivity contribution < 1.29 is 9.53 Å². The molecule has 0 amide bonds. The van der Waals surface area contributed by atoms with Gasteiger partial charge in [-0.1, -0.05) is 20.8 Å². The molecule has 1 fully saturated rings. The van der Waals surface area contributed by atoms with Gasteiger partial charge in [-0.15, -0.1) is 0 Å². The van der Waals surface area contributed by atoms with Crippen LogP contribution in [0.15, 0.2) is 0 Å². The molecule has 1 unspecified atom stereocenters. The Labute approximate surface area is 111 Å². The molecule has 1 N–H and O–H groups in total. The lowest BCUT2D eigenvalue weighted by atomic mass is 10.1. The molecule has 1 rings (SSSR count). The standard InChI is InChI=1S/C14H28N2O2/c1-5-15-13(14(17)18-4)8-9-16(10-11(2)3)12-6-7-12/h11-13,15H,5-10H2,1-4H3. The molecule has 1 saturated carbocycles. The van der Waals surface area contributed by atoms with Gasteiger partial charge in [0.1, 0.15) is 6.04 Å². The second-order valence-electron chi connectivity index (χ2n) is 5.54. The van der Waals surface area contributed by atoms with E-state index in [9.17, 15) is 4.79 Å². The largest absolute Gasteiger partial charge is 0.468 e. The summed E-state index contributed by atoms with van der Waals surface area (Å²) in [7, 11) is 1.46. The van der Waals surface area contributed by atoms with Crippen LogP contribution in [0.25, 0.3) is 0 Å². The topological polar surface area (TPSA) is 41.6 Å². The Balaban J connectivity index is 2.40. The third-order valence-corrected chi connectivity index (χ3v) is 3.30. The fourth-order valence-electron chi connectivity index (χ4n) is 2.32. The monoisotopic (exact) mass is 256 g/mol. The normalized spacial score (nSPS) is 17.2. The van der Waals surface area contributed by atoms with E-state index in [1.807, 2.05) is 6.92 Å². The smallest absolute Gasteiger partial charge is 0.322 e. The average Bonchev–Trinajstić information content (AvgIpc) is 3.15. The maximum atomic E-state index is 11.6. The summed E-state index contributed by atoms with van der Waals surface area (Å²) in [4.78, 5) is 14.1. The Kier molecular flexibility index (Phi) is 6.65. The number of rotatable bonds is 9. The highest BCUT2D eigenvalue weighted by molar-refractivity contribution is 5.75. The second kappa shape index (κ2) is 7.74. The van der Waals surface area contributed by atoms with Crippen molar-refractivity contribution in [1.82, 2.24) is 10.2 Å². The number of likely N-dealkylation sites (N-methyl/N-ethyl adjacent to an activating group) is 1. The zero-order valence-electron chi connectivity index (χ0n) is 12.2. The minimum absolute atomic E-state index is 0.142. The van der Waals surface area contributed by atoms with Crippen molar-refractivity contribution in [3.05, 3.63) is 0 Å². The van der Waals surface area contributed by atoms with Crippen molar-refractivity contribution in [2.45, 2.75) is 52.1 Å². The lowest BCUT2D eigenvalue weighted by Gasteiger charge is -2.26. The van der Waals surface area contributed by atoms with E-state index in [-0.39, 0.29) is 12.0 Å². The van der Waals surface area contributed by atoms with Gasteiger partial charge in [-0.3, -0.25) is 4.79 Å². The van der Waals surface area contributed by atoms with E-state index in [1.165, 1.54) is 20.0 Å². The van der Waals surface area contributed by atoms with E-state index in [0.717, 1.165) is 32.1 Å². The maximum Gasteiger partial charge on any atom is 0.322 e. The first-order valence-corrected chi connectivity index (χ1v) is 7.13. The number of nitrogens with zero attached hydrogens (tertiary/aromatic N) is 1. The number of carbonyl (C=O) groups excluding carboxylic acids is 1. The summed E-state index contributed by atoms with van der Waals surface area (Å²) in [6.07, 6.45) is 3.47. The van der Waals surface area contributed by atoms with Crippen LogP contribution in [0.4, 0.5) is 0 Å². The molecule has 0 heterocycles. The molecule has 0 bridgehead atoms. The molecule has 18 heavy (non-hydrogen) atoms. The number of hydrogen-bond donors (Lipinski definition) is 1. The van der Waals surface area contributed by atoms with E-state index in [2.05, 4.69) is 24.1 Å². The first-order valence-electron chi connectivity index (χ1n) is 7.13. The molecule has 0 aliphatic heterocycles. The number of hydrogen-bond acceptors (Lipinski definition) is 4. The average molecular weight is 256 g/mol. The number of methoxy groups -OCH3 is 1. The zero-order chi connectivity index (χ0) is 13.5. The molecule has 0 saturated heterocycles. The SMILES string of the molecule is CCNC(CCN(CC(C)C)C1CC1)C(=O)OC. The first-order chi connectivity index (χ1) is 8.58. The first kappa shape index (κ1) is 15.4. The van der Waals surface area contributed by atoms with Gasteiger partial charge >= 0.3 is 5.97 Å². The molecule has 106 valence electrons. The van der Waals surface area contributed by atoms with Crippen LogP contribution in [0.1, 0.15) is 40.0 Å². The Morgan fingerprint density at radius 2 is 2.11 bits per heavy atom. The molecule has 0 aromatic carbocycles. The van der Waals surface area contributed by atoms with Gasteiger partial charge in [0.05, 0.1) is 7.11 Å². The maximum absolute atomic E-state index is 11.6. The van der Waals surface area contributed by atoms with Gasteiger partial charge in [-0.25, -0.2) is 0 Å². The molecule has 0 aromatic heterocycles. The highest BCUT2D eigenvalue weighted by Gasteiger charge is 2.30. The van der Waals surface area contributed by atoms with Crippen molar-refractivity contribution >= 4 is 5.97 Å². The van der Waals surface area contributed by atoms with Crippen molar-refractivity contribution in [3.8, 4) is 0 Å². The Bertz CT molecular complexity index is 252. The molecule has 4 nitrogen and oxygen atoms in total.